The molecule has 3 saturated heterocycles. The third-order valence-electron chi connectivity index (χ3n) is 9.92. The molecule has 0 amide bonds. The zero-order valence-electron chi connectivity index (χ0n) is 28.6. The smallest absolute Gasteiger partial charge is 0.350 e. The van der Waals surface area contributed by atoms with Crippen molar-refractivity contribution in [3.63, 3.8) is 0 Å². The fourth-order valence-electron chi connectivity index (χ4n) is 6.91. The van der Waals surface area contributed by atoms with Crippen molar-refractivity contribution in [1.29, 1.82) is 0 Å². The second-order valence-corrected chi connectivity index (χ2v) is 13.2. The fraction of sp³-hybridized carbons (Fsp3) is 0.541. The van der Waals surface area contributed by atoms with Gasteiger partial charge in [-0.15, -0.1) is 0 Å². The Kier molecular flexibility index (Phi) is 10.2. The Morgan fingerprint density at radius 3 is 2.39 bits per heavy atom. The Morgan fingerprint density at radius 2 is 1.69 bits per heavy atom. The molecule has 49 heavy (non-hydrogen) atoms. The summed E-state index contributed by atoms with van der Waals surface area (Å²) in [7, 11) is 0. The molecule has 5 heterocycles. The van der Waals surface area contributed by atoms with Gasteiger partial charge in [0.1, 0.15) is 30.9 Å². The van der Waals surface area contributed by atoms with E-state index < -0.39 is 5.79 Å². The molecule has 0 N–H and O–H groups in total. The molecule has 3 fully saturated rings. The van der Waals surface area contributed by atoms with Crippen LogP contribution in [0.4, 0.5) is 11.4 Å². The minimum absolute atomic E-state index is 0.0735. The second kappa shape index (κ2) is 15.1. The van der Waals surface area contributed by atoms with Crippen LogP contribution in [0.3, 0.4) is 0 Å². The quantitative estimate of drug-likeness (QED) is 0.280. The molecule has 4 atom stereocenters. The first kappa shape index (κ1) is 33.2. The van der Waals surface area contributed by atoms with Gasteiger partial charge in [0.15, 0.2) is 0 Å². The van der Waals surface area contributed by atoms with E-state index in [0.29, 0.717) is 19.8 Å². The van der Waals surface area contributed by atoms with E-state index >= 15 is 0 Å². The number of benzene rings is 2. The third-order valence-corrected chi connectivity index (χ3v) is 9.92. The van der Waals surface area contributed by atoms with Crippen LogP contribution in [0.1, 0.15) is 52.0 Å². The van der Waals surface area contributed by atoms with E-state index in [4.69, 9.17) is 18.9 Å². The van der Waals surface area contributed by atoms with E-state index in [0.717, 1.165) is 88.6 Å². The Bertz CT molecular complexity index is 1680. The van der Waals surface area contributed by atoms with E-state index in [1.165, 1.54) is 5.69 Å². The van der Waals surface area contributed by atoms with Gasteiger partial charge in [-0.05, 0) is 81.1 Å². The predicted molar refractivity (Wildman–Crippen MR) is 189 cm³/mol. The van der Waals surface area contributed by atoms with Gasteiger partial charge in [0.05, 0.1) is 31.1 Å². The molecule has 0 spiro atoms. The summed E-state index contributed by atoms with van der Waals surface area (Å²) < 4.78 is 28.4. The highest BCUT2D eigenvalue weighted by molar-refractivity contribution is 5.77. The van der Waals surface area contributed by atoms with Crippen molar-refractivity contribution >= 4 is 17.6 Å². The largest absolute Gasteiger partial charge is 0.491 e. The summed E-state index contributed by atoms with van der Waals surface area (Å²) in [4.78, 5) is 17.6. The van der Waals surface area contributed by atoms with E-state index in [-0.39, 0.29) is 23.9 Å². The molecular weight excluding hydrogens is 622 g/mol. The molecule has 0 bridgehead atoms. The number of nitrogens with zero attached hydrogens (tertiary/aromatic N) is 7. The van der Waals surface area contributed by atoms with Gasteiger partial charge in [0, 0.05) is 57.1 Å². The van der Waals surface area contributed by atoms with E-state index in [1.807, 2.05) is 36.2 Å². The van der Waals surface area contributed by atoms with Crippen LogP contribution in [-0.4, -0.2) is 103 Å². The lowest BCUT2D eigenvalue weighted by Crippen LogP contribution is -2.52. The zero-order chi connectivity index (χ0) is 33.6. The lowest BCUT2D eigenvalue weighted by atomic mass is 10.1. The molecule has 7 rings (SSSR count). The highest BCUT2D eigenvalue weighted by Crippen LogP contribution is 2.36. The van der Waals surface area contributed by atoms with Gasteiger partial charge >= 0.3 is 5.69 Å². The molecular formula is C37H47N7O5. The number of hydrogen-bond acceptors (Lipinski definition) is 10. The van der Waals surface area contributed by atoms with Crippen LogP contribution in [0, 0.1) is 11.8 Å². The van der Waals surface area contributed by atoms with E-state index in [2.05, 4.69) is 63.0 Å². The van der Waals surface area contributed by atoms with Gasteiger partial charge in [-0.2, -0.15) is 10.2 Å². The van der Waals surface area contributed by atoms with Crippen LogP contribution < -0.4 is 20.2 Å². The maximum atomic E-state index is 12.8. The van der Waals surface area contributed by atoms with Crippen molar-refractivity contribution in [3.05, 3.63) is 65.3 Å². The third kappa shape index (κ3) is 7.49. The van der Waals surface area contributed by atoms with Crippen LogP contribution in [0.5, 0.6) is 5.75 Å². The average Bonchev–Trinajstić information content (AvgIpc) is 3.90. The zero-order valence-corrected chi connectivity index (χ0v) is 28.6. The van der Waals surface area contributed by atoms with Crippen LogP contribution in [0.25, 0.3) is 5.69 Å². The summed E-state index contributed by atoms with van der Waals surface area (Å²) >= 11 is 0. The summed E-state index contributed by atoms with van der Waals surface area (Å²) in [6.07, 6.45) is 7.52. The molecule has 260 valence electrons. The van der Waals surface area contributed by atoms with Crippen LogP contribution in [0.15, 0.2) is 64.8 Å². The highest BCUT2D eigenvalue weighted by atomic mass is 16.8. The first-order chi connectivity index (χ1) is 24.0. The molecule has 4 aliphatic heterocycles. The molecule has 1 aromatic heterocycles. The maximum absolute atomic E-state index is 12.8. The van der Waals surface area contributed by atoms with Gasteiger partial charge in [0.2, 0.25) is 5.79 Å². The number of piperazine rings is 1. The summed E-state index contributed by atoms with van der Waals surface area (Å²) in [6.45, 7) is 10.6. The minimum Gasteiger partial charge on any atom is -0.491 e. The Labute approximate surface area is 288 Å². The van der Waals surface area contributed by atoms with Gasteiger partial charge in [0.25, 0.3) is 0 Å². The van der Waals surface area contributed by atoms with Crippen molar-refractivity contribution in [3.8, 4) is 23.3 Å². The first-order valence-electron chi connectivity index (χ1n) is 17.7. The summed E-state index contributed by atoms with van der Waals surface area (Å²) in [5, 5.41) is 10.8. The number of ether oxygens (including phenoxy) is 4. The van der Waals surface area contributed by atoms with Gasteiger partial charge in [-0.25, -0.2) is 14.0 Å². The topological polar surface area (TPSA) is 98.8 Å². The molecule has 0 radical (unpaired) electrons. The lowest BCUT2D eigenvalue weighted by Gasteiger charge is -2.37. The van der Waals surface area contributed by atoms with E-state index in [1.54, 1.807) is 21.8 Å². The molecule has 0 saturated carbocycles. The van der Waals surface area contributed by atoms with Crippen molar-refractivity contribution in [2.24, 2.45) is 5.10 Å². The fourth-order valence-corrected chi connectivity index (χ4v) is 6.91. The summed E-state index contributed by atoms with van der Waals surface area (Å²) in [6, 6.07) is 16.6. The lowest BCUT2D eigenvalue weighted by molar-refractivity contribution is -0.240. The standard InChI is InChI=1S/C37H47N7O5/c1-3-29(2)44-36(45)43(28-39-44)32-12-10-30(11-13-32)40-20-22-41(23-21-40)31-14-16-33(17-15-31)47-25-34-26-48-37(49-34,35-9-8-24-46-35)27-42-19-7-5-4-6-18-38-42/h10-18,28-29,34-35H,3,5,7-9,19-27H2,1-2H3/b38-18-. The van der Waals surface area contributed by atoms with Crippen molar-refractivity contribution in [2.75, 3.05) is 68.9 Å². The van der Waals surface area contributed by atoms with Gasteiger partial charge < -0.3 is 28.7 Å². The number of aromatic nitrogens is 3. The first-order valence-corrected chi connectivity index (χ1v) is 17.7. The minimum atomic E-state index is -0.862. The summed E-state index contributed by atoms with van der Waals surface area (Å²) in [5.41, 5.74) is 3.05. The van der Waals surface area contributed by atoms with Crippen molar-refractivity contribution < 1.29 is 18.9 Å². The number of hydrazone groups is 1. The highest BCUT2D eigenvalue weighted by Gasteiger charge is 2.51. The average molecular weight is 670 g/mol. The van der Waals surface area contributed by atoms with Crippen LogP contribution in [0.2, 0.25) is 0 Å². The Hall–Kier alpha value is -4.31. The maximum Gasteiger partial charge on any atom is 0.350 e. The SMILES string of the molecule is CCC(C)n1ncn(-c2ccc(N3CCN(c4ccc(OCC5COC(CN6CCCC#C/C=N\6)(C6CCCO6)O5)cc4)CC3)cc2)c1=O. The molecule has 2 aromatic carbocycles. The Morgan fingerprint density at radius 1 is 0.980 bits per heavy atom. The molecule has 0 aliphatic carbocycles. The number of anilines is 2. The van der Waals surface area contributed by atoms with Crippen LogP contribution in [-0.2, 0) is 14.2 Å². The predicted octanol–water partition coefficient (Wildman–Crippen LogP) is 4.09. The van der Waals surface area contributed by atoms with E-state index in [9.17, 15) is 4.79 Å². The normalized spacial score (nSPS) is 25.4. The number of hydrogen-bond donors (Lipinski definition) is 0. The molecule has 12 nitrogen and oxygen atoms in total. The second-order valence-electron chi connectivity index (χ2n) is 13.2. The van der Waals surface area contributed by atoms with Crippen LogP contribution >= 0.6 is 0 Å². The molecule has 12 heteroatoms. The molecule has 4 unspecified atom stereocenters. The van der Waals surface area contributed by atoms with Gasteiger partial charge in [-0.3, -0.25) is 5.01 Å². The Balaban J connectivity index is 0.899. The van der Waals surface area contributed by atoms with Gasteiger partial charge in [-0.1, -0.05) is 18.8 Å². The molecule has 4 aliphatic rings. The summed E-state index contributed by atoms with van der Waals surface area (Å²) in [5.74, 6) is 6.03. The number of rotatable bonds is 11. The molecule has 3 aromatic rings. The van der Waals surface area contributed by atoms with Crippen molar-refractivity contribution in [1.82, 2.24) is 19.4 Å². The van der Waals surface area contributed by atoms with Crippen molar-refractivity contribution in [2.45, 2.75) is 70.0 Å². The monoisotopic (exact) mass is 669 g/mol.